The highest BCUT2D eigenvalue weighted by Crippen LogP contribution is 2.33. The molecule has 108 valence electrons. The molecular weight excluding hydrogens is 260 g/mol. The first kappa shape index (κ1) is 14.2. The predicted octanol–water partition coefficient (Wildman–Crippen LogP) is 0.945. The highest BCUT2D eigenvalue weighted by atomic mass is 16.5. The number of ether oxygens (including phenoxy) is 2. The average Bonchev–Trinajstić information content (AvgIpc) is 2.58. The maximum absolute atomic E-state index is 12.3. The molecule has 1 aromatic rings. The largest absolute Gasteiger partial charge is 0.497 e. The molecule has 1 saturated heterocycles. The lowest BCUT2D eigenvalue weighted by molar-refractivity contribution is -0.125. The van der Waals surface area contributed by atoms with E-state index in [1.807, 2.05) is 0 Å². The minimum atomic E-state index is -0.545. The SMILES string of the molecule is COc1ccc(N2CCC(=O)NC(C)C2=O)c(OC)c1. The lowest BCUT2D eigenvalue weighted by atomic mass is 10.2. The maximum atomic E-state index is 12.3. The van der Waals surface area contributed by atoms with Gasteiger partial charge in [0.2, 0.25) is 11.8 Å². The second kappa shape index (κ2) is 5.81. The summed E-state index contributed by atoms with van der Waals surface area (Å²) in [5.74, 6) is 0.912. The first-order valence-electron chi connectivity index (χ1n) is 6.39. The third-order valence-corrected chi connectivity index (χ3v) is 3.25. The van der Waals surface area contributed by atoms with E-state index in [-0.39, 0.29) is 18.2 Å². The fourth-order valence-electron chi connectivity index (χ4n) is 2.18. The van der Waals surface area contributed by atoms with Gasteiger partial charge in [0.25, 0.3) is 0 Å². The van der Waals surface area contributed by atoms with Crippen molar-refractivity contribution < 1.29 is 19.1 Å². The number of nitrogens with one attached hydrogen (secondary N) is 1. The topological polar surface area (TPSA) is 67.9 Å². The Kier molecular flexibility index (Phi) is 4.12. The quantitative estimate of drug-likeness (QED) is 0.893. The van der Waals surface area contributed by atoms with Gasteiger partial charge in [-0.3, -0.25) is 9.59 Å². The van der Waals surface area contributed by atoms with Crippen LogP contribution in [0.2, 0.25) is 0 Å². The Morgan fingerprint density at radius 2 is 2.00 bits per heavy atom. The van der Waals surface area contributed by atoms with Crippen molar-refractivity contribution in [3.8, 4) is 11.5 Å². The fourth-order valence-corrected chi connectivity index (χ4v) is 2.18. The summed E-state index contributed by atoms with van der Waals surface area (Å²) in [5.41, 5.74) is 0.640. The minimum Gasteiger partial charge on any atom is -0.497 e. The molecular formula is C14H18N2O4. The van der Waals surface area contributed by atoms with Crippen molar-refractivity contribution in [2.75, 3.05) is 25.7 Å². The van der Waals surface area contributed by atoms with Gasteiger partial charge in [0.1, 0.15) is 17.5 Å². The van der Waals surface area contributed by atoms with E-state index in [0.29, 0.717) is 23.7 Å². The van der Waals surface area contributed by atoms with Crippen LogP contribution in [0.1, 0.15) is 13.3 Å². The Morgan fingerprint density at radius 3 is 2.65 bits per heavy atom. The number of carbonyl (C=O) groups is 2. The summed E-state index contributed by atoms with van der Waals surface area (Å²) >= 11 is 0. The first-order chi connectivity index (χ1) is 9.56. The van der Waals surface area contributed by atoms with Gasteiger partial charge < -0.3 is 19.7 Å². The van der Waals surface area contributed by atoms with E-state index < -0.39 is 6.04 Å². The lowest BCUT2D eigenvalue weighted by Crippen LogP contribution is -2.42. The number of hydrogen-bond donors (Lipinski definition) is 1. The smallest absolute Gasteiger partial charge is 0.249 e. The van der Waals surface area contributed by atoms with Crippen LogP contribution in [0.25, 0.3) is 0 Å². The molecule has 1 aliphatic heterocycles. The molecule has 1 N–H and O–H groups in total. The van der Waals surface area contributed by atoms with Gasteiger partial charge >= 0.3 is 0 Å². The van der Waals surface area contributed by atoms with Crippen LogP contribution in [0.5, 0.6) is 11.5 Å². The molecule has 20 heavy (non-hydrogen) atoms. The van der Waals surface area contributed by atoms with Crippen molar-refractivity contribution in [1.29, 1.82) is 0 Å². The van der Waals surface area contributed by atoms with Crippen molar-refractivity contribution in [3.63, 3.8) is 0 Å². The molecule has 0 saturated carbocycles. The van der Waals surface area contributed by atoms with Crippen LogP contribution in [-0.4, -0.2) is 38.6 Å². The van der Waals surface area contributed by atoms with Gasteiger partial charge in [0, 0.05) is 19.0 Å². The molecule has 0 radical (unpaired) electrons. The monoisotopic (exact) mass is 278 g/mol. The van der Waals surface area contributed by atoms with Crippen molar-refractivity contribution in [2.24, 2.45) is 0 Å². The van der Waals surface area contributed by atoms with Crippen molar-refractivity contribution in [3.05, 3.63) is 18.2 Å². The minimum absolute atomic E-state index is 0.124. The Labute approximate surface area is 117 Å². The summed E-state index contributed by atoms with van der Waals surface area (Å²) in [6.07, 6.45) is 0.269. The number of hydrogen-bond acceptors (Lipinski definition) is 4. The second-order valence-corrected chi connectivity index (χ2v) is 4.57. The van der Waals surface area contributed by atoms with Gasteiger partial charge in [-0.05, 0) is 19.1 Å². The molecule has 2 amide bonds. The van der Waals surface area contributed by atoms with E-state index >= 15 is 0 Å². The zero-order valence-electron chi connectivity index (χ0n) is 11.8. The van der Waals surface area contributed by atoms with Gasteiger partial charge in [-0.2, -0.15) is 0 Å². The first-order valence-corrected chi connectivity index (χ1v) is 6.39. The summed E-state index contributed by atoms with van der Waals surface area (Å²) in [7, 11) is 3.10. The zero-order valence-corrected chi connectivity index (χ0v) is 11.8. The third-order valence-electron chi connectivity index (χ3n) is 3.25. The number of amides is 2. The maximum Gasteiger partial charge on any atom is 0.249 e. The van der Waals surface area contributed by atoms with Crippen LogP contribution in [0.4, 0.5) is 5.69 Å². The Hall–Kier alpha value is -2.24. The van der Waals surface area contributed by atoms with Crippen LogP contribution in [0.15, 0.2) is 18.2 Å². The van der Waals surface area contributed by atoms with Gasteiger partial charge in [-0.25, -0.2) is 0 Å². The highest BCUT2D eigenvalue weighted by Gasteiger charge is 2.29. The molecule has 2 rings (SSSR count). The van der Waals surface area contributed by atoms with E-state index in [9.17, 15) is 9.59 Å². The van der Waals surface area contributed by atoms with Crippen LogP contribution in [0, 0.1) is 0 Å². The Balaban J connectivity index is 2.38. The number of rotatable bonds is 3. The van der Waals surface area contributed by atoms with Crippen molar-refractivity contribution >= 4 is 17.5 Å². The molecule has 1 unspecified atom stereocenters. The van der Waals surface area contributed by atoms with Crippen LogP contribution < -0.4 is 19.7 Å². The normalized spacial score (nSPS) is 19.4. The predicted molar refractivity (Wildman–Crippen MR) is 74.1 cm³/mol. The summed E-state index contributed by atoms with van der Waals surface area (Å²) in [6.45, 7) is 2.01. The van der Waals surface area contributed by atoms with Gasteiger partial charge in [-0.15, -0.1) is 0 Å². The Morgan fingerprint density at radius 1 is 1.25 bits per heavy atom. The average molecular weight is 278 g/mol. The molecule has 6 nitrogen and oxygen atoms in total. The van der Waals surface area contributed by atoms with Gasteiger partial charge in [0.15, 0.2) is 0 Å². The summed E-state index contributed by atoms with van der Waals surface area (Å²) < 4.78 is 10.5. The van der Waals surface area contributed by atoms with Gasteiger partial charge in [-0.1, -0.05) is 0 Å². The van der Waals surface area contributed by atoms with E-state index in [4.69, 9.17) is 9.47 Å². The number of anilines is 1. The fraction of sp³-hybridized carbons (Fsp3) is 0.429. The zero-order chi connectivity index (χ0) is 14.7. The molecule has 1 atom stereocenters. The van der Waals surface area contributed by atoms with Crippen LogP contribution in [-0.2, 0) is 9.59 Å². The summed E-state index contributed by atoms with van der Waals surface area (Å²) in [6, 6.07) is 4.69. The molecule has 6 heteroatoms. The number of benzene rings is 1. The summed E-state index contributed by atoms with van der Waals surface area (Å²) in [4.78, 5) is 25.4. The standard InChI is InChI=1S/C14H18N2O4/c1-9-14(18)16(7-6-13(17)15-9)11-5-4-10(19-2)8-12(11)20-3/h4-5,8-9H,6-7H2,1-3H3,(H,15,17). The van der Waals surface area contributed by atoms with E-state index in [2.05, 4.69) is 5.32 Å². The van der Waals surface area contributed by atoms with E-state index in [1.54, 1.807) is 37.1 Å². The van der Waals surface area contributed by atoms with Crippen LogP contribution >= 0.6 is 0 Å². The van der Waals surface area contributed by atoms with Crippen molar-refractivity contribution in [1.82, 2.24) is 5.32 Å². The number of nitrogens with zero attached hydrogens (tertiary/aromatic N) is 1. The molecule has 1 aromatic carbocycles. The Bertz CT molecular complexity index is 530. The van der Waals surface area contributed by atoms with E-state index in [0.717, 1.165) is 0 Å². The second-order valence-electron chi connectivity index (χ2n) is 4.57. The molecule has 1 fully saturated rings. The molecule has 0 spiro atoms. The molecule has 1 heterocycles. The third kappa shape index (κ3) is 2.68. The molecule has 0 aliphatic carbocycles. The lowest BCUT2D eigenvalue weighted by Gasteiger charge is -2.24. The molecule has 1 aliphatic rings. The molecule has 0 bridgehead atoms. The summed E-state index contributed by atoms with van der Waals surface area (Å²) in [5, 5.41) is 2.66. The number of methoxy groups -OCH3 is 2. The molecule has 0 aromatic heterocycles. The van der Waals surface area contributed by atoms with Crippen LogP contribution in [0.3, 0.4) is 0 Å². The highest BCUT2D eigenvalue weighted by molar-refractivity contribution is 6.02. The number of carbonyl (C=O) groups excluding carboxylic acids is 2. The van der Waals surface area contributed by atoms with E-state index in [1.165, 1.54) is 7.11 Å². The van der Waals surface area contributed by atoms with Crippen molar-refractivity contribution in [2.45, 2.75) is 19.4 Å². The van der Waals surface area contributed by atoms with Gasteiger partial charge in [0.05, 0.1) is 19.9 Å².